The Kier molecular flexibility index (Phi) is 4.93. The summed E-state index contributed by atoms with van der Waals surface area (Å²) in [5.41, 5.74) is 5.07. The molecular weight excluding hydrogens is 510 g/mol. The summed E-state index contributed by atoms with van der Waals surface area (Å²) in [6.45, 7) is 0. The van der Waals surface area contributed by atoms with E-state index in [2.05, 4.69) is 157 Å². The molecule has 0 radical (unpaired) electrons. The predicted octanol–water partition coefficient (Wildman–Crippen LogP) is 11.7. The third-order valence-electron chi connectivity index (χ3n) is 8.56. The Bertz CT molecular complexity index is 2470. The Morgan fingerprint density at radius 1 is 0.333 bits per heavy atom. The molecule has 0 atom stereocenters. The van der Waals surface area contributed by atoms with Crippen LogP contribution in [0, 0.1) is 0 Å². The highest BCUT2D eigenvalue weighted by Crippen LogP contribution is 2.41. The summed E-state index contributed by atoms with van der Waals surface area (Å²) in [5, 5.41) is 12.3. The van der Waals surface area contributed by atoms with Gasteiger partial charge in [-0.1, -0.05) is 97.1 Å². The van der Waals surface area contributed by atoms with E-state index >= 15 is 0 Å². The second-order valence-electron chi connectivity index (χ2n) is 11.0. The Balaban J connectivity index is 1.25. The zero-order chi connectivity index (χ0) is 27.6. The van der Waals surface area contributed by atoms with Crippen LogP contribution in [0.4, 0.5) is 17.1 Å². The molecule has 0 bridgehead atoms. The Hall–Kier alpha value is -5.60. The summed E-state index contributed by atoms with van der Waals surface area (Å²) in [6.07, 6.45) is 0. The average molecular weight is 536 g/mol. The lowest BCUT2D eigenvalue weighted by Gasteiger charge is -2.26. The van der Waals surface area contributed by atoms with Crippen molar-refractivity contribution < 1.29 is 4.42 Å². The zero-order valence-electron chi connectivity index (χ0n) is 22.8. The fourth-order valence-corrected chi connectivity index (χ4v) is 6.58. The van der Waals surface area contributed by atoms with E-state index in [-0.39, 0.29) is 0 Å². The summed E-state index contributed by atoms with van der Waals surface area (Å²) < 4.78 is 6.46. The van der Waals surface area contributed by atoms with E-state index in [1.165, 1.54) is 43.1 Å². The van der Waals surface area contributed by atoms with Gasteiger partial charge in [0, 0.05) is 33.9 Å². The Morgan fingerprint density at radius 2 is 0.929 bits per heavy atom. The molecule has 196 valence electrons. The molecule has 0 unspecified atom stereocenters. The quantitative estimate of drug-likeness (QED) is 0.209. The number of furan rings is 1. The van der Waals surface area contributed by atoms with Crippen LogP contribution in [-0.4, -0.2) is 0 Å². The molecule has 1 heterocycles. The fourth-order valence-electron chi connectivity index (χ4n) is 6.58. The van der Waals surface area contributed by atoms with Crippen molar-refractivity contribution in [3.05, 3.63) is 152 Å². The summed E-state index contributed by atoms with van der Waals surface area (Å²) in [6, 6.07) is 54.4. The molecule has 42 heavy (non-hydrogen) atoms. The molecule has 0 aliphatic rings. The first kappa shape index (κ1) is 23.1. The minimum atomic E-state index is 0.886. The van der Waals surface area contributed by atoms with Gasteiger partial charge in [0.1, 0.15) is 11.2 Å². The van der Waals surface area contributed by atoms with Crippen LogP contribution in [0.1, 0.15) is 0 Å². The third-order valence-corrected chi connectivity index (χ3v) is 8.56. The van der Waals surface area contributed by atoms with Crippen LogP contribution < -0.4 is 4.90 Å². The van der Waals surface area contributed by atoms with Crippen molar-refractivity contribution in [1.82, 2.24) is 0 Å². The van der Waals surface area contributed by atoms with Gasteiger partial charge < -0.3 is 9.32 Å². The molecular formula is C40H25NO. The number of benzene rings is 8. The summed E-state index contributed by atoms with van der Waals surface area (Å²) in [5.74, 6) is 0. The van der Waals surface area contributed by atoms with Crippen molar-refractivity contribution >= 4 is 82.1 Å². The van der Waals surface area contributed by atoms with Crippen molar-refractivity contribution in [2.75, 3.05) is 4.90 Å². The molecule has 0 aliphatic heterocycles. The number of rotatable bonds is 3. The molecule has 0 saturated carbocycles. The maximum atomic E-state index is 6.46. The first-order valence-corrected chi connectivity index (χ1v) is 14.3. The van der Waals surface area contributed by atoms with Gasteiger partial charge in [-0.15, -0.1) is 0 Å². The Labute approximate surface area is 242 Å². The number of fused-ring (bicyclic) bond motifs is 9. The van der Waals surface area contributed by atoms with Crippen molar-refractivity contribution in [3.8, 4) is 0 Å². The molecule has 9 aromatic rings. The molecule has 0 saturated heterocycles. The highest BCUT2D eigenvalue weighted by Gasteiger charge is 2.17. The molecule has 0 fully saturated rings. The highest BCUT2D eigenvalue weighted by molar-refractivity contribution is 6.20. The molecule has 9 rings (SSSR count). The smallest absolute Gasteiger partial charge is 0.137 e. The second-order valence-corrected chi connectivity index (χ2v) is 11.0. The van der Waals surface area contributed by atoms with Crippen LogP contribution in [0.15, 0.2) is 156 Å². The van der Waals surface area contributed by atoms with Crippen LogP contribution in [0.5, 0.6) is 0 Å². The van der Waals surface area contributed by atoms with Gasteiger partial charge in [0.15, 0.2) is 0 Å². The number of hydrogen-bond acceptors (Lipinski definition) is 2. The summed E-state index contributed by atoms with van der Waals surface area (Å²) in [7, 11) is 0. The largest absolute Gasteiger partial charge is 0.456 e. The van der Waals surface area contributed by atoms with E-state index in [0.717, 1.165) is 39.0 Å². The minimum Gasteiger partial charge on any atom is -0.456 e. The van der Waals surface area contributed by atoms with E-state index in [4.69, 9.17) is 4.42 Å². The predicted molar refractivity (Wildman–Crippen MR) is 178 cm³/mol. The molecule has 0 N–H and O–H groups in total. The molecule has 8 aromatic carbocycles. The van der Waals surface area contributed by atoms with Crippen molar-refractivity contribution in [3.63, 3.8) is 0 Å². The lowest BCUT2D eigenvalue weighted by atomic mass is 9.96. The molecule has 0 amide bonds. The van der Waals surface area contributed by atoms with Crippen LogP contribution in [0.2, 0.25) is 0 Å². The fraction of sp³-hybridized carbons (Fsp3) is 0. The van der Waals surface area contributed by atoms with Crippen LogP contribution in [-0.2, 0) is 0 Å². The van der Waals surface area contributed by atoms with E-state index in [9.17, 15) is 0 Å². The first-order valence-electron chi connectivity index (χ1n) is 14.3. The van der Waals surface area contributed by atoms with Gasteiger partial charge >= 0.3 is 0 Å². The monoisotopic (exact) mass is 535 g/mol. The highest BCUT2D eigenvalue weighted by atomic mass is 16.3. The van der Waals surface area contributed by atoms with Gasteiger partial charge in [0.05, 0.1) is 0 Å². The van der Waals surface area contributed by atoms with E-state index in [0.29, 0.717) is 0 Å². The molecule has 0 spiro atoms. The summed E-state index contributed by atoms with van der Waals surface area (Å²) in [4.78, 5) is 2.32. The molecule has 2 heteroatoms. The van der Waals surface area contributed by atoms with Crippen molar-refractivity contribution in [2.24, 2.45) is 0 Å². The standard InChI is InChI=1S/C40H25NO/c1-2-11-31(12-3-1)41(33-19-21-36-37-23-28-9-4-5-10-29(28)24-38(37)42-39(36)25-33)32-18-20-35-30(22-32)17-16-27-15-14-26-8-6-7-13-34(26)40(27)35/h1-25H. The first-order chi connectivity index (χ1) is 20.8. The molecule has 0 aliphatic carbocycles. The maximum Gasteiger partial charge on any atom is 0.137 e. The van der Waals surface area contributed by atoms with E-state index in [1.54, 1.807) is 0 Å². The van der Waals surface area contributed by atoms with Crippen molar-refractivity contribution in [1.29, 1.82) is 0 Å². The topological polar surface area (TPSA) is 16.4 Å². The van der Waals surface area contributed by atoms with Gasteiger partial charge in [-0.2, -0.15) is 0 Å². The lowest BCUT2D eigenvalue weighted by molar-refractivity contribution is 0.669. The maximum absolute atomic E-state index is 6.46. The normalized spacial score (nSPS) is 11.8. The van der Waals surface area contributed by atoms with Gasteiger partial charge in [-0.05, 0) is 91.6 Å². The van der Waals surface area contributed by atoms with Crippen LogP contribution >= 0.6 is 0 Å². The van der Waals surface area contributed by atoms with Gasteiger partial charge in [-0.3, -0.25) is 0 Å². The van der Waals surface area contributed by atoms with E-state index in [1.807, 2.05) is 0 Å². The Morgan fingerprint density at radius 3 is 1.76 bits per heavy atom. The summed E-state index contributed by atoms with van der Waals surface area (Å²) >= 11 is 0. The van der Waals surface area contributed by atoms with E-state index < -0.39 is 0 Å². The third kappa shape index (κ3) is 3.52. The minimum absolute atomic E-state index is 0.886. The zero-order valence-corrected chi connectivity index (χ0v) is 22.8. The number of nitrogens with zero attached hydrogens (tertiary/aromatic N) is 1. The molecule has 2 nitrogen and oxygen atoms in total. The number of hydrogen-bond donors (Lipinski definition) is 0. The van der Waals surface area contributed by atoms with Gasteiger partial charge in [-0.25, -0.2) is 0 Å². The number of para-hydroxylation sites is 1. The van der Waals surface area contributed by atoms with Gasteiger partial charge in [0.2, 0.25) is 0 Å². The number of anilines is 3. The van der Waals surface area contributed by atoms with Crippen LogP contribution in [0.3, 0.4) is 0 Å². The SMILES string of the molecule is c1ccc(N(c2ccc3c(ccc4ccc5ccccc5c43)c2)c2ccc3c(c2)oc2cc4ccccc4cc23)cc1. The average Bonchev–Trinajstić information content (AvgIpc) is 3.40. The van der Waals surface area contributed by atoms with Crippen molar-refractivity contribution in [2.45, 2.75) is 0 Å². The lowest BCUT2D eigenvalue weighted by Crippen LogP contribution is -2.09. The second kappa shape index (κ2) is 8.95. The molecule has 1 aromatic heterocycles. The van der Waals surface area contributed by atoms with Crippen LogP contribution in [0.25, 0.3) is 65.0 Å². The van der Waals surface area contributed by atoms with Gasteiger partial charge in [0.25, 0.3) is 0 Å².